The Morgan fingerprint density at radius 2 is 1.79 bits per heavy atom. The van der Waals surface area contributed by atoms with Gasteiger partial charge in [0.25, 0.3) is 0 Å². The maximum Gasteiger partial charge on any atom is 0.318 e. The molecule has 0 spiro atoms. The summed E-state index contributed by atoms with van der Waals surface area (Å²) < 4.78 is 5.24. The number of piperidine rings is 1. The summed E-state index contributed by atoms with van der Waals surface area (Å²) in [7, 11) is 0.188. The number of amides is 2. The van der Waals surface area contributed by atoms with Crippen molar-refractivity contribution in [1.82, 2.24) is 10.2 Å². The summed E-state index contributed by atoms with van der Waals surface area (Å²) in [6.45, 7) is 8.09. The fourth-order valence-electron chi connectivity index (χ4n) is 4.19. The number of carbonyl (C=O) groups excluding carboxylic acids is 2. The lowest BCUT2D eigenvalue weighted by atomic mass is 9.97. The second-order valence-corrected chi connectivity index (χ2v) is 15.0. The van der Waals surface area contributed by atoms with Crippen LogP contribution in [0.25, 0.3) is 0 Å². The molecule has 2 atom stereocenters. The molecule has 2 amide bonds. The predicted molar refractivity (Wildman–Crippen MR) is 134 cm³/mol. The monoisotopic (exact) mass is 468 g/mol. The molecule has 0 bridgehead atoms. The third-order valence-electron chi connectivity index (χ3n) is 6.30. The van der Waals surface area contributed by atoms with Crippen LogP contribution in [0.4, 0.5) is 4.79 Å². The van der Waals surface area contributed by atoms with Crippen molar-refractivity contribution >= 4 is 25.1 Å². The first kappa shape index (κ1) is 25.0. The molecule has 1 aliphatic rings. The Labute approximate surface area is 198 Å². The summed E-state index contributed by atoms with van der Waals surface area (Å²) in [6.07, 6.45) is 2.00. The highest BCUT2D eigenvalue weighted by Gasteiger charge is 2.28. The quantitative estimate of drug-likeness (QED) is 0.581. The minimum atomic E-state index is -1.41. The average molecular weight is 469 g/mol. The van der Waals surface area contributed by atoms with Gasteiger partial charge in [0.15, 0.2) is 5.78 Å². The molecule has 6 nitrogen and oxygen atoms in total. The first-order valence-electron chi connectivity index (χ1n) is 11.6. The molecule has 7 heteroatoms. The molecule has 2 aromatic carbocycles. The molecule has 0 radical (unpaired) electrons. The third-order valence-corrected chi connectivity index (χ3v) is 8.37. The van der Waals surface area contributed by atoms with Gasteiger partial charge in [-0.15, -0.1) is 0 Å². The van der Waals surface area contributed by atoms with Gasteiger partial charge in [-0.25, -0.2) is 4.79 Å². The Morgan fingerprint density at radius 3 is 2.36 bits per heavy atom. The highest BCUT2D eigenvalue weighted by atomic mass is 28.3. The summed E-state index contributed by atoms with van der Waals surface area (Å²) in [4.78, 5) is 28.1. The maximum atomic E-state index is 13.4. The van der Waals surface area contributed by atoms with Gasteiger partial charge in [-0.3, -0.25) is 4.79 Å². The molecular weight excluding hydrogens is 432 g/mol. The fourth-order valence-corrected chi connectivity index (χ4v) is 5.35. The number of benzene rings is 2. The predicted octanol–water partition coefficient (Wildman–Crippen LogP) is 3.51. The number of rotatable bonds is 8. The molecule has 0 aliphatic carbocycles. The van der Waals surface area contributed by atoms with E-state index >= 15 is 0 Å². The van der Waals surface area contributed by atoms with Gasteiger partial charge in [-0.1, -0.05) is 61.2 Å². The first-order chi connectivity index (χ1) is 15.7. The number of aliphatic hydroxyl groups is 1. The summed E-state index contributed by atoms with van der Waals surface area (Å²) in [5.74, 6) is 0.717. The van der Waals surface area contributed by atoms with Crippen molar-refractivity contribution in [3.8, 4) is 5.75 Å². The number of nitrogens with one attached hydrogen (secondary N) is 1. The van der Waals surface area contributed by atoms with Crippen molar-refractivity contribution in [2.24, 2.45) is 5.92 Å². The minimum Gasteiger partial charge on any atom is -0.497 e. The van der Waals surface area contributed by atoms with Crippen LogP contribution in [-0.4, -0.2) is 56.7 Å². The lowest BCUT2D eigenvalue weighted by molar-refractivity contribution is -0.120. The van der Waals surface area contributed by atoms with E-state index in [4.69, 9.17) is 4.74 Å². The molecule has 1 heterocycles. The largest absolute Gasteiger partial charge is 0.497 e. The Balaban J connectivity index is 1.78. The van der Waals surface area contributed by atoms with Crippen molar-refractivity contribution < 1.29 is 19.4 Å². The zero-order valence-electron chi connectivity index (χ0n) is 20.1. The van der Waals surface area contributed by atoms with E-state index in [2.05, 4.69) is 37.1 Å². The molecule has 33 heavy (non-hydrogen) atoms. The molecule has 2 aromatic rings. The van der Waals surface area contributed by atoms with Gasteiger partial charge in [-0.05, 0) is 42.0 Å². The van der Waals surface area contributed by atoms with Gasteiger partial charge in [-0.2, -0.15) is 0 Å². The number of Topliss-reactive ketones (excluding diaryl/α,β-unsaturated/α-hetero) is 1. The number of ketones is 1. The zero-order chi connectivity index (χ0) is 24.0. The van der Waals surface area contributed by atoms with Crippen LogP contribution in [0.2, 0.25) is 19.6 Å². The molecule has 0 aromatic heterocycles. The second-order valence-electron chi connectivity index (χ2n) is 9.88. The van der Waals surface area contributed by atoms with Crippen LogP contribution in [0.3, 0.4) is 0 Å². The normalized spacial score (nSPS) is 17.4. The Kier molecular flexibility index (Phi) is 8.32. The van der Waals surface area contributed by atoms with E-state index in [0.717, 1.165) is 24.0 Å². The lowest BCUT2D eigenvalue weighted by Gasteiger charge is -2.33. The molecule has 2 unspecified atom stereocenters. The van der Waals surface area contributed by atoms with Gasteiger partial charge in [0.1, 0.15) is 11.8 Å². The van der Waals surface area contributed by atoms with Crippen molar-refractivity contribution in [2.45, 2.75) is 44.9 Å². The van der Waals surface area contributed by atoms with Crippen molar-refractivity contribution in [3.05, 3.63) is 59.7 Å². The highest BCUT2D eigenvalue weighted by Crippen LogP contribution is 2.22. The molecule has 2 N–H and O–H groups in total. The number of urea groups is 1. The van der Waals surface area contributed by atoms with Crippen LogP contribution in [-0.2, 0) is 11.2 Å². The number of hydrogen-bond donors (Lipinski definition) is 2. The first-order valence-corrected chi connectivity index (χ1v) is 15.1. The van der Waals surface area contributed by atoms with E-state index in [1.54, 1.807) is 24.1 Å². The molecule has 0 saturated carbocycles. The molecule has 3 rings (SSSR count). The summed E-state index contributed by atoms with van der Waals surface area (Å²) in [6, 6.07) is 14.5. The van der Waals surface area contributed by atoms with Crippen LogP contribution in [0, 0.1) is 5.92 Å². The average Bonchev–Trinajstić information content (AvgIpc) is 2.82. The van der Waals surface area contributed by atoms with E-state index in [-0.39, 0.29) is 30.8 Å². The van der Waals surface area contributed by atoms with Crippen molar-refractivity contribution in [1.29, 1.82) is 0 Å². The topological polar surface area (TPSA) is 78.9 Å². The third kappa shape index (κ3) is 6.68. The van der Waals surface area contributed by atoms with Gasteiger partial charge in [0.05, 0.1) is 15.2 Å². The number of likely N-dealkylation sites (tertiary alicyclic amines) is 1. The zero-order valence-corrected chi connectivity index (χ0v) is 21.1. The van der Waals surface area contributed by atoms with E-state index in [9.17, 15) is 14.7 Å². The number of ether oxygens (including phenoxy) is 1. The minimum absolute atomic E-state index is 0.0648. The number of aliphatic hydroxyl groups excluding tert-OH is 1. The summed E-state index contributed by atoms with van der Waals surface area (Å²) >= 11 is 0. The van der Waals surface area contributed by atoms with Crippen LogP contribution < -0.4 is 15.2 Å². The molecule has 178 valence electrons. The van der Waals surface area contributed by atoms with E-state index in [0.29, 0.717) is 18.8 Å². The number of methoxy groups -OCH3 is 1. The number of hydrogen-bond acceptors (Lipinski definition) is 4. The van der Waals surface area contributed by atoms with E-state index in [1.807, 2.05) is 24.3 Å². The standard InChI is InChI=1S/C26H36N2O4Si/c1-32-22-11-9-21(10-12-22)25(27-26(31)28-15-5-6-20(17-28)18-29)24(30)16-19-7-13-23(14-8-19)33(2,3)4/h7-14,20,25,29H,5-6,15-18H2,1-4H3,(H,27,31). The van der Waals surface area contributed by atoms with Crippen molar-refractivity contribution in [3.63, 3.8) is 0 Å². The van der Waals surface area contributed by atoms with Crippen LogP contribution in [0.15, 0.2) is 48.5 Å². The molecule has 1 fully saturated rings. The van der Waals surface area contributed by atoms with Crippen LogP contribution >= 0.6 is 0 Å². The van der Waals surface area contributed by atoms with E-state index in [1.165, 1.54) is 5.19 Å². The number of nitrogens with zero attached hydrogens (tertiary/aromatic N) is 1. The summed E-state index contributed by atoms with van der Waals surface area (Å²) in [5, 5.41) is 13.8. The lowest BCUT2D eigenvalue weighted by Crippen LogP contribution is -2.48. The highest BCUT2D eigenvalue weighted by molar-refractivity contribution is 6.88. The van der Waals surface area contributed by atoms with Crippen LogP contribution in [0.1, 0.15) is 30.0 Å². The molecule has 1 saturated heterocycles. The molecule has 1 aliphatic heterocycles. The Hall–Kier alpha value is -2.64. The van der Waals surface area contributed by atoms with Gasteiger partial charge in [0.2, 0.25) is 0 Å². The van der Waals surface area contributed by atoms with Crippen molar-refractivity contribution in [2.75, 3.05) is 26.8 Å². The van der Waals surface area contributed by atoms with Crippen LogP contribution in [0.5, 0.6) is 5.75 Å². The van der Waals surface area contributed by atoms with Gasteiger partial charge >= 0.3 is 6.03 Å². The second kappa shape index (κ2) is 11.0. The van der Waals surface area contributed by atoms with E-state index < -0.39 is 14.1 Å². The SMILES string of the molecule is COc1ccc(C(NC(=O)N2CCCC(CO)C2)C(=O)Cc2ccc([Si](C)(C)C)cc2)cc1. The summed E-state index contributed by atoms with van der Waals surface area (Å²) in [5.41, 5.74) is 1.66. The van der Waals surface area contributed by atoms with Gasteiger partial charge in [0, 0.05) is 26.1 Å². The Bertz CT molecular complexity index is 938. The maximum absolute atomic E-state index is 13.4. The molecular formula is C26H36N2O4Si. The number of carbonyl (C=O) groups is 2. The Morgan fingerprint density at radius 1 is 1.12 bits per heavy atom. The van der Waals surface area contributed by atoms with Gasteiger partial charge < -0.3 is 20.1 Å². The fraction of sp³-hybridized carbons (Fsp3) is 0.462. The smallest absolute Gasteiger partial charge is 0.318 e.